The number of carbonyl (C=O) groups is 1. The van der Waals surface area contributed by atoms with E-state index in [0.29, 0.717) is 0 Å². The molecule has 0 fully saturated rings. The van der Waals surface area contributed by atoms with E-state index in [0.717, 1.165) is 0 Å². The Morgan fingerprint density at radius 3 is 2.60 bits per heavy atom. The van der Waals surface area contributed by atoms with Crippen molar-refractivity contribution in [1.82, 2.24) is 4.98 Å². The Hall–Kier alpha value is -1.13. The lowest BCUT2D eigenvalue weighted by molar-refractivity contribution is -0.276. The number of halogens is 5. The number of rotatable bonds is 5. The van der Waals surface area contributed by atoms with Crippen LogP contribution in [0.4, 0.5) is 17.6 Å². The third-order valence-electron chi connectivity index (χ3n) is 2.09. The zero-order valence-corrected chi connectivity index (χ0v) is 12.4. The molecule has 0 aliphatic carbocycles. The van der Waals surface area contributed by atoms with Crippen LogP contribution in [0, 0.1) is 3.57 Å². The smallest absolute Gasteiger partial charge is 0.466 e. The van der Waals surface area contributed by atoms with Crippen molar-refractivity contribution in [1.29, 1.82) is 0 Å². The Bertz CT molecular complexity index is 493. The molecule has 0 radical (unpaired) electrons. The molecule has 0 unspecified atom stereocenters. The molecule has 4 nitrogen and oxygen atoms in total. The standard InChI is InChI=1S/C11H10F4INO3/c1-2-19-9(18)4-6-3-7(16)10(17-8(6)5-12)20-11(13,14)15/h3H,2,4-5H2,1H3. The van der Waals surface area contributed by atoms with Crippen LogP contribution in [0.25, 0.3) is 0 Å². The molecule has 1 heterocycles. The summed E-state index contributed by atoms with van der Waals surface area (Å²) in [6, 6.07) is 1.22. The molecule has 1 aromatic rings. The predicted molar refractivity (Wildman–Crippen MR) is 68.8 cm³/mol. The van der Waals surface area contributed by atoms with Gasteiger partial charge in [0.2, 0.25) is 5.88 Å². The van der Waals surface area contributed by atoms with Crippen molar-refractivity contribution < 1.29 is 31.8 Å². The number of hydrogen-bond acceptors (Lipinski definition) is 4. The maximum absolute atomic E-state index is 12.8. The lowest BCUT2D eigenvalue weighted by Crippen LogP contribution is -2.20. The van der Waals surface area contributed by atoms with Crippen LogP contribution in [-0.4, -0.2) is 23.9 Å². The molecule has 0 amide bonds. The minimum absolute atomic E-state index is 0.0245. The molecule has 112 valence electrons. The van der Waals surface area contributed by atoms with Crippen molar-refractivity contribution in [3.63, 3.8) is 0 Å². The van der Waals surface area contributed by atoms with E-state index < -0.39 is 24.9 Å². The quantitative estimate of drug-likeness (QED) is 0.428. The van der Waals surface area contributed by atoms with Gasteiger partial charge in [0.05, 0.1) is 22.3 Å². The highest BCUT2D eigenvalue weighted by Crippen LogP contribution is 2.28. The van der Waals surface area contributed by atoms with Gasteiger partial charge in [-0.3, -0.25) is 4.79 Å². The van der Waals surface area contributed by atoms with E-state index in [2.05, 4.69) is 9.72 Å². The van der Waals surface area contributed by atoms with Crippen LogP contribution in [-0.2, 0) is 22.6 Å². The van der Waals surface area contributed by atoms with Crippen LogP contribution >= 0.6 is 22.6 Å². The lowest BCUT2D eigenvalue weighted by Gasteiger charge is -2.13. The van der Waals surface area contributed by atoms with Crippen molar-refractivity contribution >= 4 is 28.6 Å². The second kappa shape index (κ2) is 7.04. The summed E-state index contributed by atoms with van der Waals surface area (Å²) in [5.41, 5.74) is -0.109. The maximum Gasteiger partial charge on any atom is 0.574 e. The summed E-state index contributed by atoms with van der Waals surface area (Å²) in [6.45, 7) is 0.652. The minimum atomic E-state index is -4.91. The van der Waals surface area contributed by atoms with E-state index in [1.165, 1.54) is 6.07 Å². The third kappa shape index (κ3) is 5.10. The van der Waals surface area contributed by atoms with E-state index >= 15 is 0 Å². The lowest BCUT2D eigenvalue weighted by atomic mass is 10.1. The fourth-order valence-corrected chi connectivity index (χ4v) is 1.97. The molecule has 0 aromatic carbocycles. The molecule has 0 saturated heterocycles. The maximum atomic E-state index is 12.8. The summed E-state index contributed by atoms with van der Waals surface area (Å²) < 4.78 is 57.6. The molecule has 20 heavy (non-hydrogen) atoms. The second-order valence-electron chi connectivity index (χ2n) is 3.54. The summed E-state index contributed by atoms with van der Waals surface area (Å²) in [6.07, 6.45) is -5.18. The Balaban J connectivity index is 3.04. The van der Waals surface area contributed by atoms with Crippen LogP contribution in [0.15, 0.2) is 6.07 Å². The molecule has 0 saturated carbocycles. The van der Waals surface area contributed by atoms with E-state index in [9.17, 15) is 22.4 Å². The second-order valence-corrected chi connectivity index (χ2v) is 4.71. The number of alkyl halides is 4. The number of hydrogen-bond donors (Lipinski definition) is 0. The van der Waals surface area contributed by atoms with E-state index in [1.807, 2.05) is 0 Å². The molecular formula is C11H10F4INO3. The van der Waals surface area contributed by atoms with Crippen LogP contribution < -0.4 is 4.74 Å². The van der Waals surface area contributed by atoms with E-state index in [1.54, 1.807) is 29.5 Å². The molecule has 0 atom stereocenters. The molecule has 0 aliphatic heterocycles. The summed E-state index contributed by atoms with van der Waals surface area (Å²) in [7, 11) is 0. The molecule has 0 aliphatic rings. The molecule has 0 spiro atoms. The molecule has 1 rings (SSSR count). The van der Waals surface area contributed by atoms with Gasteiger partial charge in [0, 0.05) is 0 Å². The number of ether oxygens (including phenoxy) is 2. The Labute approximate surface area is 125 Å². The first-order valence-electron chi connectivity index (χ1n) is 5.42. The van der Waals surface area contributed by atoms with Crippen molar-refractivity contribution in [3.05, 3.63) is 20.9 Å². The summed E-state index contributed by atoms with van der Waals surface area (Å²) in [4.78, 5) is 14.8. The zero-order valence-electron chi connectivity index (χ0n) is 10.3. The molecule has 1 aromatic heterocycles. The first-order valence-corrected chi connectivity index (χ1v) is 6.50. The van der Waals surface area contributed by atoms with E-state index in [-0.39, 0.29) is 27.9 Å². The molecule has 9 heteroatoms. The summed E-state index contributed by atoms with van der Waals surface area (Å²) >= 11 is 1.57. The number of pyridine rings is 1. The fourth-order valence-electron chi connectivity index (χ4n) is 1.36. The van der Waals surface area contributed by atoms with Gasteiger partial charge in [-0.15, -0.1) is 13.2 Å². The third-order valence-corrected chi connectivity index (χ3v) is 2.86. The average molecular weight is 407 g/mol. The first-order chi connectivity index (χ1) is 9.26. The van der Waals surface area contributed by atoms with Gasteiger partial charge >= 0.3 is 12.3 Å². The van der Waals surface area contributed by atoms with Gasteiger partial charge in [0.15, 0.2) is 0 Å². The summed E-state index contributed by atoms with van der Waals surface area (Å²) in [5.74, 6) is -1.34. The van der Waals surface area contributed by atoms with Gasteiger partial charge in [-0.2, -0.15) is 0 Å². The van der Waals surface area contributed by atoms with Gasteiger partial charge in [-0.05, 0) is 41.1 Å². The largest absolute Gasteiger partial charge is 0.574 e. The molecular weight excluding hydrogens is 397 g/mol. The number of carbonyl (C=O) groups excluding carboxylic acids is 1. The Morgan fingerprint density at radius 1 is 1.45 bits per heavy atom. The predicted octanol–water partition coefficient (Wildman–Crippen LogP) is 3.16. The van der Waals surface area contributed by atoms with Gasteiger partial charge < -0.3 is 9.47 Å². The van der Waals surface area contributed by atoms with Crippen molar-refractivity contribution in [2.24, 2.45) is 0 Å². The van der Waals surface area contributed by atoms with Crippen molar-refractivity contribution in [2.45, 2.75) is 26.4 Å². The monoisotopic (exact) mass is 407 g/mol. The highest BCUT2D eigenvalue weighted by atomic mass is 127. The Morgan fingerprint density at radius 2 is 2.10 bits per heavy atom. The normalized spacial score (nSPS) is 11.3. The molecule has 0 N–H and O–H groups in total. The summed E-state index contributed by atoms with van der Waals surface area (Å²) in [5, 5.41) is 0. The number of esters is 1. The topological polar surface area (TPSA) is 48.4 Å². The number of nitrogens with zero attached hydrogens (tertiary/aromatic N) is 1. The SMILES string of the molecule is CCOC(=O)Cc1cc(I)c(OC(F)(F)F)nc1CF. The van der Waals surface area contributed by atoms with Gasteiger partial charge in [-0.25, -0.2) is 9.37 Å². The minimum Gasteiger partial charge on any atom is -0.466 e. The van der Waals surface area contributed by atoms with Crippen LogP contribution in [0.5, 0.6) is 5.88 Å². The first kappa shape index (κ1) is 16.9. The van der Waals surface area contributed by atoms with Gasteiger partial charge in [0.1, 0.15) is 6.67 Å². The highest BCUT2D eigenvalue weighted by molar-refractivity contribution is 14.1. The Kier molecular flexibility index (Phi) is 5.96. The highest BCUT2D eigenvalue weighted by Gasteiger charge is 2.33. The van der Waals surface area contributed by atoms with E-state index in [4.69, 9.17) is 4.74 Å². The van der Waals surface area contributed by atoms with Crippen molar-refractivity contribution in [2.75, 3.05) is 6.61 Å². The van der Waals surface area contributed by atoms with Gasteiger partial charge in [0.25, 0.3) is 0 Å². The van der Waals surface area contributed by atoms with Crippen LogP contribution in [0.3, 0.4) is 0 Å². The fraction of sp³-hybridized carbons (Fsp3) is 0.455. The van der Waals surface area contributed by atoms with Crippen LogP contribution in [0.2, 0.25) is 0 Å². The number of aromatic nitrogens is 1. The van der Waals surface area contributed by atoms with Crippen molar-refractivity contribution in [3.8, 4) is 5.88 Å². The zero-order chi connectivity index (χ0) is 15.3. The van der Waals surface area contributed by atoms with Crippen LogP contribution in [0.1, 0.15) is 18.2 Å². The van der Waals surface area contributed by atoms with Gasteiger partial charge in [-0.1, -0.05) is 0 Å². The average Bonchev–Trinajstić information content (AvgIpc) is 2.31. The molecule has 0 bridgehead atoms.